The summed E-state index contributed by atoms with van der Waals surface area (Å²) in [7, 11) is -3.85. The molecule has 3 rings (SSSR count). The molecule has 0 saturated carbocycles. The molecule has 0 aromatic heterocycles. The molecule has 36 heavy (non-hydrogen) atoms. The van der Waals surface area contributed by atoms with Crippen molar-refractivity contribution in [3.05, 3.63) is 52.5 Å². The van der Waals surface area contributed by atoms with Crippen LogP contribution < -0.4 is 19.1 Å². The van der Waals surface area contributed by atoms with Gasteiger partial charge in [-0.2, -0.15) is 0 Å². The fraction of sp³-hybridized carbons (Fsp3) is 0.440. The van der Waals surface area contributed by atoms with E-state index in [2.05, 4.69) is 21.2 Å². The van der Waals surface area contributed by atoms with Crippen LogP contribution in [-0.4, -0.2) is 62.7 Å². The number of amides is 2. The fourth-order valence-corrected chi connectivity index (χ4v) is 4.98. The molecule has 0 spiro atoms. The average Bonchev–Trinajstić information content (AvgIpc) is 2.78. The van der Waals surface area contributed by atoms with E-state index in [9.17, 15) is 18.0 Å². The third-order valence-corrected chi connectivity index (χ3v) is 7.03. The van der Waals surface area contributed by atoms with E-state index < -0.39 is 34.1 Å². The van der Waals surface area contributed by atoms with Crippen LogP contribution in [0.2, 0.25) is 0 Å². The standard InChI is InChI=1S/C25H32BrN3O6S/c1-17(24(31)27-25(2,3)4)28(15-18-7-6-8-19(26)13-18)23(30)16-29(36(5,32)33)20-9-10-21-22(14-20)35-12-11-34-21/h6-10,13-14,17H,11-12,15-16H2,1-5H3,(H,27,31)/t17-/m1/s1. The van der Waals surface area contributed by atoms with Crippen molar-refractivity contribution < 1.29 is 27.5 Å². The highest BCUT2D eigenvalue weighted by atomic mass is 79.9. The molecule has 0 bridgehead atoms. The van der Waals surface area contributed by atoms with Gasteiger partial charge in [0.1, 0.15) is 25.8 Å². The van der Waals surface area contributed by atoms with Gasteiger partial charge in [-0.05, 0) is 57.5 Å². The number of benzene rings is 2. The van der Waals surface area contributed by atoms with Crippen LogP contribution in [0.25, 0.3) is 0 Å². The third kappa shape index (κ3) is 7.36. The number of halogens is 1. The first-order chi connectivity index (χ1) is 16.7. The minimum Gasteiger partial charge on any atom is -0.486 e. The van der Waals surface area contributed by atoms with Gasteiger partial charge in [-0.1, -0.05) is 28.1 Å². The van der Waals surface area contributed by atoms with E-state index in [1.807, 2.05) is 45.0 Å². The molecule has 0 unspecified atom stereocenters. The highest BCUT2D eigenvalue weighted by molar-refractivity contribution is 9.10. The van der Waals surface area contributed by atoms with Crippen molar-refractivity contribution in [3.8, 4) is 11.5 Å². The van der Waals surface area contributed by atoms with Gasteiger partial charge in [0, 0.05) is 22.6 Å². The molecule has 1 heterocycles. The van der Waals surface area contributed by atoms with Crippen molar-refractivity contribution in [2.45, 2.75) is 45.8 Å². The Balaban J connectivity index is 1.93. The lowest BCUT2D eigenvalue weighted by Crippen LogP contribution is -2.54. The van der Waals surface area contributed by atoms with Gasteiger partial charge in [0.05, 0.1) is 11.9 Å². The minimum atomic E-state index is -3.85. The normalized spacial score (nSPS) is 14.1. The van der Waals surface area contributed by atoms with Crippen molar-refractivity contribution in [1.29, 1.82) is 0 Å². The Hall–Kier alpha value is -2.79. The van der Waals surface area contributed by atoms with Gasteiger partial charge in [0.25, 0.3) is 0 Å². The molecule has 1 atom stereocenters. The van der Waals surface area contributed by atoms with Gasteiger partial charge in [-0.25, -0.2) is 8.42 Å². The number of hydrogen-bond donors (Lipinski definition) is 1. The molecule has 1 N–H and O–H groups in total. The van der Waals surface area contributed by atoms with E-state index in [4.69, 9.17) is 9.47 Å². The molecule has 0 fully saturated rings. The molecular formula is C25H32BrN3O6S. The second-order valence-electron chi connectivity index (χ2n) is 9.66. The zero-order chi connectivity index (χ0) is 26.7. The van der Waals surface area contributed by atoms with E-state index in [0.717, 1.165) is 20.6 Å². The Morgan fingerprint density at radius 1 is 1.08 bits per heavy atom. The number of nitrogens with zero attached hydrogens (tertiary/aromatic N) is 2. The molecule has 2 amide bonds. The molecule has 196 valence electrons. The summed E-state index contributed by atoms with van der Waals surface area (Å²) < 4.78 is 38.4. The van der Waals surface area contributed by atoms with Crippen molar-refractivity contribution in [3.63, 3.8) is 0 Å². The van der Waals surface area contributed by atoms with Gasteiger partial charge >= 0.3 is 0 Å². The fourth-order valence-electron chi connectivity index (χ4n) is 3.69. The van der Waals surface area contributed by atoms with Crippen LogP contribution in [0.4, 0.5) is 5.69 Å². The molecule has 2 aromatic carbocycles. The SMILES string of the molecule is C[C@H](C(=O)NC(C)(C)C)N(Cc1cccc(Br)c1)C(=O)CN(c1ccc2c(c1)OCCO2)S(C)(=O)=O. The zero-order valence-corrected chi connectivity index (χ0v) is 23.5. The lowest BCUT2D eigenvalue weighted by atomic mass is 10.1. The Labute approximate surface area is 220 Å². The maximum atomic E-state index is 13.6. The van der Waals surface area contributed by atoms with Crippen molar-refractivity contribution in [2.24, 2.45) is 0 Å². The highest BCUT2D eigenvalue weighted by Crippen LogP contribution is 2.34. The lowest BCUT2D eigenvalue weighted by Gasteiger charge is -2.33. The van der Waals surface area contributed by atoms with Crippen LogP contribution in [0.1, 0.15) is 33.3 Å². The molecule has 1 aliphatic rings. The van der Waals surface area contributed by atoms with Crippen LogP contribution >= 0.6 is 15.9 Å². The number of ether oxygens (including phenoxy) is 2. The number of nitrogens with one attached hydrogen (secondary N) is 1. The average molecular weight is 583 g/mol. The predicted octanol–water partition coefficient (Wildman–Crippen LogP) is 3.32. The Morgan fingerprint density at radius 3 is 2.36 bits per heavy atom. The summed E-state index contributed by atoms with van der Waals surface area (Å²) in [5, 5.41) is 2.90. The first-order valence-electron chi connectivity index (χ1n) is 11.5. The minimum absolute atomic E-state index is 0.121. The molecule has 2 aromatic rings. The summed E-state index contributed by atoms with van der Waals surface area (Å²) >= 11 is 3.43. The Bertz CT molecular complexity index is 1230. The van der Waals surface area contributed by atoms with E-state index >= 15 is 0 Å². The molecule has 0 radical (unpaired) electrons. The van der Waals surface area contributed by atoms with Crippen molar-refractivity contribution in [2.75, 3.05) is 30.3 Å². The van der Waals surface area contributed by atoms with Crippen LogP contribution in [0.3, 0.4) is 0 Å². The summed E-state index contributed by atoms with van der Waals surface area (Å²) in [6, 6.07) is 11.3. The van der Waals surface area contributed by atoms with E-state index in [0.29, 0.717) is 24.7 Å². The second kappa shape index (κ2) is 11.1. The summed E-state index contributed by atoms with van der Waals surface area (Å²) in [5.74, 6) is 0.0558. The molecule has 0 aliphatic carbocycles. The smallest absolute Gasteiger partial charge is 0.244 e. The molecule has 9 nitrogen and oxygen atoms in total. The van der Waals surface area contributed by atoms with Crippen LogP contribution in [0, 0.1) is 0 Å². The molecular weight excluding hydrogens is 550 g/mol. The quantitative estimate of drug-likeness (QED) is 0.512. The monoisotopic (exact) mass is 581 g/mol. The highest BCUT2D eigenvalue weighted by Gasteiger charge is 2.32. The van der Waals surface area contributed by atoms with Crippen LogP contribution in [-0.2, 0) is 26.2 Å². The van der Waals surface area contributed by atoms with Gasteiger partial charge < -0.3 is 19.7 Å². The van der Waals surface area contributed by atoms with Gasteiger partial charge in [-0.3, -0.25) is 13.9 Å². The van der Waals surface area contributed by atoms with E-state index in [-0.39, 0.29) is 18.1 Å². The van der Waals surface area contributed by atoms with Crippen LogP contribution in [0.15, 0.2) is 46.9 Å². The number of hydrogen-bond acceptors (Lipinski definition) is 6. The first-order valence-corrected chi connectivity index (χ1v) is 14.1. The second-order valence-corrected chi connectivity index (χ2v) is 12.5. The largest absolute Gasteiger partial charge is 0.486 e. The Morgan fingerprint density at radius 2 is 1.75 bits per heavy atom. The number of carbonyl (C=O) groups excluding carboxylic acids is 2. The van der Waals surface area contributed by atoms with Crippen LogP contribution in [0.5, 0.6) is 11.5 Å². The molecule has 0 saturated heterocycles. The third-order valence-electron chi connectivity index (χ3n) is 5.40. The maximum absolute atomic E-state index is 13.6. The van der Waals surface area contributed by atoms with Gasteiger partial charge in [0.2, 0.25) is 21.8 Å². The summed E-state index contributed by atoms with van der Waals surface area (Å²) in [6.45, 7) is 7.57. The predicted molar refractivity (Wildman–Crippen MR) is 142 cm³/mol. The summed E-state index contributed by atoms with van der Waals surface area (Å²) in [4.78, 5) is 28.0. The summed E-state index contributed by atoms with van der Waals surface area (Å²) in [6.07, 6.45) is 1.03. The number of rotatable bonds is 8. The van der Waals surface area contributed by atoms with Crippen molar-refractivity contribution >= 4 is 43.5 Å². The van der Waals surface area contributed by atoms with E-state index in [1.165, 1.54) is 11.0 Å². The van der Waals surface area contributed by atoms with Gasteiger partial charge in [-0.15, -0.1) is 0 Å². The zero-order valence-electron chi connectivity index (χ0n) is 21.1. The molecule has 11 heteroatoms. The number of sulfonamides is 1. The van der Waals surface area contributed by atoms with E-state index in [1.54, 1.807) is 19.1 Å². The van der Waals surface area contributed by atoms with Gasteiger partial charge in [0.15, 0.2) is 11.5 Å². The van der Waals surface area contributed by atoms with Crippen molar-refractivity contribution in [1.82, 2.24) is 10.2 Å². The maximum Gasteiger partial charge on any atom is 0.244 e. The topological polar surface area (TPSA) is 105 Å². The first kappa shape index (κ1) is 27.8. The lowest BCUT2D eigenvalue weighted by molar-refractivity contribution is -0.140. The Kier molecular flexibility index (Phi) is 8.55. The summed E-state index contributed by atoms with van der Waals surface area (Å²) in [5.41, 5.74) is 0.558. The number of fused-ring (bicyclic) bond motifs is 1. The number of anilines is 1. The number of carbonyl (C=O) groups is 2. The molecule has 1 aliphatic heterocycles.